The molecule has 0 spiro atoms. The van der Waals surface area contributed by atoms with Crippen LogP contribution in [0.2, 0.25) is 0 Å². The van der Waals surface area contributed by atoms with E-state index in [0.717, 1.165) is 44.5 Å². The lowest BCUT2D eigenvalue weighted by atomic mass is 9.98. The fourth-order valence-electron chi connectivity index (χ4n) is 4.07. The number of anilines is 1. The molecule has 3 nitrogen and oxygen atoms in total. The Morgan fingerprint density at radius 1 is 1.00 bits per heavy atom. The van der Waals surface area contributed by atoms with Crippen molar-refractivity contribution in [3.05, 3.63) is 65.5 Å². The Hall–Kier alpha value is -2.36. The summed E-state index contributed by atoms with van der Waals surface area (Å²) >= 11 is 0. The fraction of sp³-hybridized carbons (Fsp3) is 0.381. The molecule has 130 valence electrons. The lowest BCUT2D eigenvalue weighted by molar-refractivity contribution is -0.123. The second-order valence-corrected chi connectivity index (χ2v) is 7.04. The van der Waals surface area contributed by atoms with Crippen LogP contribution in [0.4, 0.5) is 10.1 Å². The zero-order chi connectivity index (χ0) is 17.2. The highest BCUT2D eigenvalue weighted by atomic mass is 19.1. The van der Waals surface area contributed by atoms with Crippen molar-refractivity contribution in [3.8, 4) is 0 Å². The quantitative estimate of drug-likeness (QED) is 0.927. The van der Waals surface area contributed by atoms with Crippen LogP contribution in [0.25, 0.3) is 0 Å². The van der Waals surface area contributed by atoms with Gasteiger partial charge in [0, 0.05) is 24.8 Å². The number of hydrogen-bond donors (Lipinski definition) is 1. The molecule has 25 heavy (non-hydrogen) atoms. The van der Waals surface area contributed by atoms with Crippen LogP contribution in [0.15, 0.2) is 48.5 Å². The van der Waals surface area contributed by atoms with Crippen molar-refractivity contribution in [3.63, 3.8) is 0 Å². The van der Waals surface area contributed by atoms with Gasteiger partial charge in [-0.05, 0) is 61.1 Å². The van der Waals surface area contributed by atoms with E-state index in [2.05, 4.69) is 22.3 Å². The molecule has 2 aliphatic rings. The van der Waals surface area contributed by atoms with Gasteiger partial charge in [-0.15, -0.1) is 0 Å². The van der Waals surface area contributed by atoms with Gasteiger partial charge in [-0.25, -0.2) is 4.39 Å². The highest BCUT2D eigenvalue weighted by molar-refractivity contribution is 5.85. The number of benzene rings is 2. The first kappa shape index (κ1) is 16.1. The molecule has 1 saturated heterocycles. The maximum absolute atomic E-state index is 13.0. The van der Waals surface area contributed by atoms with Crippen LogP contribution in [0, 0.1) is 5.82 Å². The first-order valence-corrected chi connectivity index (χ1v) is 9.09. The lowest BCUT2D eigenvalue weighted by Gasteiger charge is -2.34. The number of piperidine rings is 1. The minimum Gasteiger partial charge on any atom is -0.371 e. The average Bonchev–Trinajstić information content (AvgIpc) is 3.07. The first-order valence-electron chi connectivity index (χ1n) is 9.09. The highest BCUT2D eigenvalue weighted by Crippen LogP contribution is 2.33. The predicted molar refractivity (Wildman–Crippen MR) is 97.3 cm³/mol. The Kier molecular flexibility index (Phi) is 4.43. The topological polar surface area (TPSA) is 32.3 Å². The number of carbonyl (C=O) groups excluding carboxylic acids is 1. The zero-order valence-corrected chi connectivity index (χ0v) is 14.2. The molecule has 1 amide bonds. The Labute approximate surface area is 147 Å². The molecule has 0 bridgehead atoms. The molecule has 2 aromatic rings. The molecule has 0 radical (unpaired) electrons. The number of rotatable bonds is 3. The first-order chi connectivity index (χ1) is 12.2. The molecule has 1 aliphatic heterocycles. The summed E-state index contributed by atoms with van der Waals surface area (Å²) in [7, 11) is 0. The van der Waals surface area contributed by atoms with E-state index in [4.69, 9.17) is 0 Å². The van der Waals surface area contributed by atoms with Gasteiger partial charge in [0.15, 0.2) is 0 Å². The normalized spacial score (nSPS) is 20.4. The molecule has 0 aromatic heterocycles. The molecule has 1 heterocycles. The molecular formula is C21H23FN2O. The van der Waals surface area contributed by atoms with Crippen LogP contribution in [0.1, 0.15) is 36.3 Å². The molecule has 4 rings (SSSR count). The monoisotopic (exact) mass is 338 g/mol. The van der Waals surface area contributed by atoms with Gasteiger partial charge >= 0.3 is 0 Å². The predicted octanol–water partition coefficient (Wildman–Crippen LogP) is 3.64. The van der Waals surface area contributed by atoms with E-state index in [9.17, 15) is 9.18 Å². The Morgan fingerprint density at radius 3 is 2.48 bits per heavy atom. The number of amides is 1. The SMILES string of the molecule is O=C(NC1CCN(c2ccc(F)cc2)CC1)C1CCc2ccccc21. The minimum absolute atomic E-state index is 0.00586. The summed E-state index contributed by atoms with van der Waals surface area (Å²) in [6, 6.07) is 15.2. The second-order valence-electron chi connectivity index (χ2n) is 7.04. The number of aryl methyl sites for hydroxylation is 1. The van der Waals surface area contributed by atoms with Crippen molar-refractivity contribution < 1.29 is 9.18 Å². The third kappa shape index (κ3) is 3.39. The van der Waals surface area contributed by atoms with E-state index < -0.39 is 0 Å². The number of carbonyl (C=O) groups is 1. The van der Waals surface area contributed by atoms with Gasteiger partial charge in [0.05, 0.1) is 5.92 Å². The van der Waals surface area contributed by atoms with Gasteiger partial charge in [-0.2, -0.15) is 0 Å². The molecule has 1 fully saturated rings. The summed E-state index contributed by atoms with van der Waals surface area (Å²) in [5, 5.41) is 3.26. The Balaban J connectivity index is 1.33. The molecule has 2 aromatic carbocycles. The molecule has 1 aliphatic carbocycles. The molecular weight excluding hydrogens is 315 g/mol. The van der Waals surface area contributed by atoms with Crippen LogP contribution in [-0.4, -0.2) is 25.0 Å². The van der Waals surface area contributed by atoms with Crippen molar-refractivity contribution in [2.24, 2.45) is 0 Å². The van der Waals surface area contributed by atoms with E-state index in [1.807, 2.05) is 24.3 Å². The fourth-order valence-corrected chi connectivity index (χ4v) is 4.07. The number of hydrogen-bond acceptors (Lipinski definition) is 2. The van der Waals surface area contributed by atoms with Crippen LogP contribution < -0.4 is 10.2 Å². The molecule has 4 heteroatoms. The summed E-state index contributed by atoms with van der Waals surface area (Å²) in [6.07, 6.45) is 3.77. The largest absolute Gasteiger partial charge is 0.371 e. The average molecular weight is 338 g/mol. The lowest BCUT2D eigenvalue weighted by Crippen LogP contribution is -2.45. The molecule has 0 saturated carbocycles. The van der Waals surface area contributed by atoms with Gasteiger partial charge in [0.1, 0.15) is 5.82 Å². The van der Waals surface area contributed by atoms with E-state index in [0.29, 0.717) is 0 Å². The van der Waals surface area contributed by atoms with Gasteiger partial charge < -0.3 is 10.2 Å². The number of nitrogens with zero attached hydrogens (tertiary/aromatic N) is 1. The summed E-state index contributed by atoms with van der Waals surface area (Å²) in [4.78, 5) is 15.0. The number of nitrogens with one attached hydrogen (secondary N) is 1. The third-order valence-electron chi connectivity index (χ3n) is 5.48. The van der Waals surface area contributed by atoms with Gasteiger partial charge in [-0.1, -0.05) is 24.3 Å². The summed E-state index contributed by atoms with van der Waals surface area (Å²) < 4.78 is 13.0. The smallest absolute Gasteiger partial charge is 0.227 e. The van der Waals surface area contributed by atoms with E-state index >= 15 is 0 Å². The molecule has 1 atom stereocenters. The standard InChI is InChI=1S/C21H23FN2O/c22-16-6-8-18(9-7-16)24-13-11-17(12-14-24)23-21(25)20-10-5-15-3-1-2-4-19(15)20/h1-4,6-9,17,20H,5,10-14H2,(H,23,25). The summed E-state index contributed by atoms with van der Waals surface area (Å²) in [5.41, 5.74) is 3.56. The molecule has 1 unspecified atom stereocenters. The van der Waals surface area contributed by atoms with Crippen LogP contribution in [-0.2, 0) is 11.2 Å². The van der Waals surface area contributed by atoms with Crippen LogP contribution in [0.3, 0.4) is 0 Å². The molecule has 1 N–H and O–H groups in total. The Morgan fingerprint density at radius 2 is 1.72 bits per heavy atom. The van der Waals surface area contributed by atoms with Crippen molar-refractivity contribution in [2.45, 2.75) is 37.6 Å². The van der Waals surface area contributed by atoms with Crippen LogP contribution in [0.5, 0.6) is 0 Å². The number of halogens is 1. The highest BCUT2D eigenvalue weighted by Gasteiger charge is 2.30. The van der Waals surface area contributed by atoms with Gasteiger partial charge in [0.2, 0.25) is 5.91 Å². The summed E-state index contributed by atoms with van der Waals surface area (Å²) in [6.45, 7) is 1.77. The summed E-state index contributed by atoms with van der Waals surface area (Å²) in [5.74, 6) is -0.0285. The van der Waals surface area contributed by atoms with E-state index in [-0.39, 0.29) is 23.7 Å². The minimum atomic E-state index is -0.206. The third-order valence-corrected chi connectivity index (χ3v) is 5.48. The van der Waals surface area contributed by atoms with E-state index in [1.165, 1.54) is 23.3 Å². The van der Waals surface area contributed by atoms with Gasteiger partial charge in [0.25, 0.3) is 0 Å². The maximum atomic E-state index is 13.0. The second kappa shape index (κ2) is 6.87. The van der Waals surface area contributed by atoms with Crippen LogP contribution >= 0.6 is 0 Å². The maximum Gasteiger partial charge on any atom is 0.227 e. The number of fused-ring (bicyclic) bond motifs is 1. The van der Waals surface area contributed by atoms with Crippen molar-refractivity contribution in [1.29, 1.82) is 0 Å². The van der Waals surface area contributed by atoms with Gasteiger partial charge in [-0.3, -0.25) is 4.79 Å². The van der Waals surface area contributed by atoms with Crippen molar-refractivity contribution >= 4 is 11.6 Å². The van der Waals surface area contributed by atoms with Crippen molar-refractivity contribution in [2.75, 3.05) is 18.0 Å². The van der Waals surface area contributed by atoms with Crippen molar-refractivity contribution in [1.82, 2.24) is 5.32 Å². The zero-order valence-electron chi connectivity index (χ0n) is 14.2. The Bertz CT molecular complexity index is 751. The van der Waals surface area contributed by atoms with E-state index in [1.54, 1.807) is 0 Å².